The van der Waals surface area contributed by atoms with E-state index in [2.05, 4.69) is 20.1 Å². The van der Waals surface area contributed by atoms with Crippen LogP contribution in [0.1, 0.15) is 27.6 Å². The summed E-state index contributed by atoms with van der Waals surface area (Å²) in [6, 6.07) is 13.8. The van der Waals surface area contributed by atoms with Gasteiger partial charge in [0.15, 0.2) is 0 Å². The van der Waals surface area contributed by atoms with Gasteiger partial charge in [0, 0.05) is 45.0 Å². The lowest BCUT2D eigenvalue weighted by Gasteiger charge is -2.37. The van der Waals surface area contributed by atoms with Crippen LogP contribution >= 0.6 is 23.2 Å². The van der Waals surface area contributed by atoms with Gasteiger partial charge in [-0.3, -0.25) is 9.69 Å². The second-order valence-corrected chi connectivity index (χ2v) is 9.77. The Morgan fingerprint density at radius 3 is 2.43 bits per heavy atom. The number of nitrogens with zero attached hydrogens (tertiary/aromatic N) is 4. The monoisotopic (exact) mass is 515 g/mol. The minimum atomic E-state index is -0.680. The van der Waals surface area contributed by atoms with Crippen LogP contribution in [0.25, 0.3) is 5.69 Å². The molecular formula is C26H31Cl2N5O2. The van der Waals surface area contributed by atoms with Crippen molar-refractivity contribution in [2.45, 2.75) is 26.9 Å². The van der Waals surface area contributed by atoms with Crippen molar-refractivity contribution in [1.82, 2.24) is 19.8 Å². The van der Waals surface area contributed by atoms with Gasteiger partial charge in [0.2, 0.25) is 0 Å². The van der Waals surface area contributed by atoms with E-state index >= 15 is 0 Å². The fraction of sp³-hybridized carbons (Fsp3) is 0.385. The molecule has 7 nitrogen and oxygen atoms in total. The Labute approximate surface area is 216 Å². The van der Waals surface area contributed by atoms with Crippen LogP contribution in [0.5, 0.6) is 0 Å². The average Bonchev–Trinajstić information content (AvgIpc) is 3.14. The molecule has 0 bridgehead atoms. The summed E-state index contributed by atoms with van der Waals surface area (Å²) in [7, 11) is 0. The number of carbonyl (C=O) groups excluding carboxylic acids is 1. The molecule has 1 atom stereocenters. The normalized spacial score (nSPS) is 15.3. The van der Waals surface area contributed by atoms with E-state index < -0.39 is 6.10 Å². The Hall–Kier alpha value is -2.58. The topological polar surface area (TPSA) is 73.6 Å². The maximum absolute atomic E-state index is 12.8. The van der Waals surface area contributed by atoms with Crippen molar-refractivity contribution in [3.8, 4) is 5.69 Å². The zero-order valence-electron chi connectivity index (χ0n) is 20.3. The number of carbonyl (C=O) groups is 1. The highest BCUT2D eigenvalue weighted by atomic mass is 35.5. The molecule has 2 aromatic carbocycles. The minimum absolute atomic E-state index is 0.162. The lowest BCUT2D eigenvalue weighted by Crippen LogP contribution is -2.50. The SMILES string of the molecule is Cc1ccc(-n2c(C)nc(C(=O)NCC(O)CN3CCN(c4cccc(Cl)c4Cl)CC3)c2C)cc1. The molecule has 1 unspecified atom stereocenters. The van der Waals surface area contributed by atoms with Gasteiger partial charge >= 0.3 is 0 Å². The van der Waals surface area contributed by atoms with Crippen LogP contribution < -0.4 is 10.2 Å². The number of hydrogen-bond donors (Lipinski definition) is 2. The number of benzene rings is 2. The number of halogens is 2. The summed E-state index contributed by atoms with van der Waals surface area (Å²) in [6.45, 7) is 9.59. The van der Waals surface area contributed by atoms with Gasteiger partial charge in [-0.05, 0) is 45.0 Å². The number of rotatable bonds is 7. The number of anilines is 1. The zero-order chi connectivity index (χ0) is 25.1. The third-order valence-electron chi connectivity index (χ3n) is 6.39. The number of aromatic nitrogens is 2. The summed E-state index contributed by atoms with van der Waals surface area (Å²) in [4.78, 5) is 21.7. The summed E-state index contributed by atoms with van der Waals surface area (Å²) in [6.07, 6.45) is -0.680. The molecule has 1 aliphatic rings. The Balaban J connectivity index is 1.29. The molecule has 0 spiro atoms. The van der Waals surface area contributed by atoms with E-state index in [0.29, 0.717) is 22.3 Å². The van der Waals surface area contributed by atoms with Crippen molar-refractivity contribution < 1.29 is 9.90 Å². The van der Waals surface area contributed by atoms with Crippen molar-refractivity contribution in [3.63, 3.8) is 0 Å². The summed E-state index contributed by atoms with van der Waals surface area (Å²) >= 11 is 12.5. The zero-order valence-corrected chi connectivity index (χ0v) is 21.8. The predicted molar refractivity (Wildman–Crippen MR) is 141 cm³/mol. The largest absolute Gasteiger partial charge is 0.390 e. The maximum atomic E-state index is 12.8. The summed E-state index contributed by atoms with van der Waals surface area (Å²) in [5.41, 5.74) is 4.22. The van der Waals surface area contributed by atoms with Gasteiger partial charge < -0.3 is 19.9 Å². The highest BCUT2D eigenvalue weighted by Gasteiger charge is 2.23. The molecule has 3 aromatic rings. The van der Waals surface area contributed by atoms with Crippen LogP contribution in [-0.4, -0.2) is 70.8 Å². The van der Waals surface area contributed by atoms with Gasteiger partial charge in [-0.1, -0.05) is 47.0 Å². The first-order chi connectivity index (χ1) is 16.7. The van der Waals surface area contributed by atoms with Crippen molar-refractivity contribution >= 4 is 34.8 Å². The molecule has 1 aromatic heterocycles. The van der Waals surface area contributed by atoms with Gasteiger partial charge in [0.25, 0.3) is 5.91 Å². The first-order valence-electron chi connectivity index (χ1n) is 11.7. The molecule has 186 valence electrons. The molecule has 35 heavy (non-hydrogen) atoms. The van der Waals surface area contributed by atoms with E-state index in [9.17, 15) is 9.90 Å². The second kappa shape index (κ2) is 11.0. The molecule has 2 heterocycles. The lowest BCUT2D eigenvalue weighted by molar-refractivity contribution is 0.0847. The van der Waals surface area contributed by atoms with Crippen LogP contribution in [0.4, 0.5) is 5.69 Å². The number of amides is 1. The molecule has 1 aliphatic heterocycles. The Kier molecular flexibility index (Phi) is 8.02. The van der Waals surface area contributed by atoms with Crippen LogP contribution in [0.2, 0.25) is 10.0 Å². The number of piperazine rings is 1. The van der Waals surface area contributed by atoms with Crippen LogP contribution in [0, 0.1) is 20.8 Å². The summed E-state index contributed by atoms with van der Waals surface area (Å²) < 4.78 is 1.97. The maximum Gasteiger partial charge on any atom is 0.271 e. The van der Waals surface area contributed by atoms with Crippen molar-refractivity contribution in [1.29, 1.82) is 0 Å². The molecule has 2 N–H and O–H groups in total. The van der Waals surface area contributed by atoms with E-state index in [1.165, 1.54) is 5.56 Å². The van der Waals surface area contributed by atoms with Crippen molar-refractivity contribution in [2.24, 2.45) is 0 Å². The highest BCUT2D eigenvalue weighted by Crippen LogP contribution is 2.32. The van der Waals surface area contributed by atoms with E-state index in [-0.39, 0.29) is 12.5 Å². The third-order valence-corrected chi connectivity index (χ3v) is 7.20. The van der Waals surface area contributed by atoms with E-state index in [1.807, 2.05) is 61.7 Å². The summed E-state index contributed by atoms with van der Waals surface area (Å²) in [5, 5.41) is 14.5. The number of β-amino-alcohol motifs (C(OH)–C–C–N with tert-alkyl or cyclic N) is 1. The second-order valence-electron chi connectivity index (χ2n) is 8.99. The smallest absolute Gasteiger partial charge is 0.271 e. The molecular weight excluding hydrogens is 485 g/mol. The molecule has 1 amide bonds. The molecule has 9 heteroatoms. The molecule has 0 radical (unpaired) electrons. The van der Waals surface area contributed by atoms with Gasteiger partial charge in [0.1, 0.15) is 11.5 Å². The Bertz CT molecular complexity index is 1190. The molecule has 1 fully saturated rings. The first kappa shape index (κ1) is 25.5. The first-order valence-corrected chi connectivity index (χ1v) is 12.5. The number of imidazole rings is 1. The number of aryl methyl sites for hydroxylation is 2. The van der Waals surface area contributed by atoms with Crippen LogP contribution in [0.15, 0.2) is 42.5 Å². The lowest BCUT2D eigenvalue weighted by atomic mass is 10.2. The van der Waals surface area contributed by atoms with Crippen molar-refractivity contribution in [3.05, 3.63) is 75.3 Å². The minimum Gasteiger partial charge on any atom is -0.390 e. The van der Waals surface area contributed by atoms with Gasteiger partial charge in [-0.2, -0.15) is 0 Å². The molecule has 0 saturated carbocycles. The van der Waals surface area contributed by atoms with E-state index in [4.69, 9.17) is 23.2 Å². The van der Waals surface area contributed by atoms with Crippen molar-refractivity contribution in [2.75, 3.05) is 44.2 Å². The molecule has 4 rings (SSSR count). The number of nitrogens with one attached hydrogen (secondary N) is 1. The summed E-state index contributed by atoms with van der Waals surface area (Å²) in [5.74, 6) is 0.464. The molecule has 1 saturated heterocycles. The fourth-order valence-corrected chi connectivity index (χ4v) is 4.91. The van der Waals surface area contributed by atoms with Crippen LogP contribution in [-0.2, 0) is 0 Å². The number of hydrogen-bond acceptors (Lipinski definition) is 5. The number of aliphatic hydroxyl groups excluding tert-OH is 1. The van der Waals surface area contributed by atoms with E-state index in [0.717, 1.165) is 49.1 Å². The van der Waals surface area contributed by atoms with Gasteiger partial charge in [0.05, 0.1) is 27.5 Å². The number of aliphatic hydroxyl groups is 1. The van der Waals surface area contributed by atoms with E-state index in [1.54, 1.807) is 6.07 Å². The van der Waals surface area contributed by atoms with Gasteiger partial charge in [-0.25, -0.2) is 4.98 Å². The molecule has 0 aliphatic carbocycles. The predicted octanol–water partition coefficient (Wildman–Crippen LogP) is 4.02. The highest BCUT2D eigenvalue weighted by molar-refractivity contribution is 6.43. The Morgan fingerprint density at radius 2 is 1.74 bits per heavy atom. The third kappa shape index (κ3) is 5.81. The standard InChI is InChI=1S/C26H31Cl2N5O2/c1-17-7-9-20(10-8-17)33-18(2)25(30-19(33)3)26(35)29-15-21(34)16-31-11-13-32(14-12-31)23-6-4-5-22(27)24(23)28/h4-10,21,34H,11-16H2,1-3H3,(H,29,35). The van der Waals surface area contributed by atoms with Gasteiger partial charge in [-0.15, -0.1) is 0 Å². The average molecular weight is 516 g/mol. The quantitative estimate of drug-likeness (QED) is 0.497. The Morgan fingerprint density at radius 1 is 1.06 bits per heavy atom. The fourth-order valence-electron chi connectivity index (χ4n) is 4.50. The van der Waals surface area contributed by atoms with Crippen LogP contribution in [0.3, 0.4) is 0 Å².